The second-order valence-corrected chi connectivity index (χ2v) is 4.02. The fourth-order valence-corrected chi connectivity index (χ4v) is 2.02. The van der Waals surface area contributed by atoms with Gasteiger partial charge in [0.1, 0.15) is 11.4 Å². The van der Waals surface area contributed by atoms with Crippen molar-refractivity contribution in [1.29, 1.82) is 0 Å². The van der Waals surface area contributed by atoms with Gasteiger partial charge in [0.25, 0.3) is 0 Å². The molecule has 0 atom stereocenters. The van der Waals surface area contributed by atoms with E-state index in [0.717, 1.165) is 22.7 Å². The Hall–Kier alpha value is -2.49. The molecule has 3 rings (SSSR count). The molecular formula is C14H12N2O2. The molecule has 4 nitrogen and oxygen atoms in total. The molecule has 0 fully saturated rings. The van der Waals surface area contributed by atoms with Crippen LogP contribution in [0.2, 0.25) is 0 Å². The molecule has 0 amide bonds. The molecule has 2 aromatic heterocycles. The third-order valence-electron chi connectivity index (χ3n) is 2.88. The number of H-pyrrole nitrogens is 1. The second-order valence-electron chi connectivity index (χ2n) is 4.02. The summed E-state index contributed by atoms with van der Waals surface area (Å²) in [5.41, 5.74) is 2.64. The number of methoxy groups -OCH3 is 1. The van der Waals surface area contributed by atoms with Crippen LogP contribution in [0.3, 0.4) is 0 Å². The first-order chi connectivity index (χ1) is 8.78. The van der Waals surface area contributed by atoms with Gasteiger partial charge >= 0.3 is 0 Å². The minimum Gasteiger partial charge on any atom is -0.496 e. The number of ether oxygens (including phenoxy) is 1. The minimum absolute atomic E-state index is 0.0107. The zero-order chi connectivity index (χ0) is 12.5. The number of fused-ring (bicyclic) bond motifs is 1. The monoisotopic (exact) mass is 240 g/mol. The number of pyridine rings is 1. The van der Waals surface area contributed by atoms with Crippen LogP contribution in [0.15, 0.2) is 53.6 Å². The van der Waals surface area contributed by atoms with Gasteiger partial charge < -0.3 is 14.1 Å². The van der Waals surface area contributed by atoms with Crippen LogP contribution in [-0.4, -0.2) is 16.5 Å². The molecule has 18 heavy (non-hydrogen) atoms. The van der Waals surface area contributed by atoms with Crippen LogP contribution in [0.4, 0.5) is 0 Å². The summed E-state index contributed by atoms with van der Waals surface area (Å²) in [6, 6.07) is 10.9. The summed E-state index contributed by atoms with van der Waals surface area (Å²) >= 11 is 0. The number of para-hydroxylation sites is 1. The van der Waals surface area contributed by atoms with Crippen molar-refractivity contribution in [3.63, 3.8) is 0 Å². The van der Waals surface area contributed by atoms with E-state index < -0.39 is 0 Å². The van der Waals surface area contributed by atoms with E-state index in [2.05, 4.69) is 4.98 Å². The Kier molecular flexibility index (Phi) is 2.41. The normalized spacial score (nSPS) is 10.7. The summed E-state index contributed by atoms with van der Waals surface area (Å²) < 4.78 is 7.21. The first-order valence-electron chi connectivity index (χ1n) is 5.62. The molecule has 0 saturated carbocycles. The molecule has 0 aliphatic rings. The van der Waals surface area contributed by atoms with Gasteiger partial charge in [-0.3, -0.25) is 4.79 Å². The number of nitrogens with one attached hydrogen (secondary N) is 1. The van der Waals surface area contributed by atoms with E-state index >= 15 is 0 Å². The van der Waals surface area contributed by atoms with Gasteiger partial charge in [0.2, 0.25) is 0 Å². The van der Waals surface area contributed by atoms with Crippen LogP contribution in [0.5, 0.6) is 5.75 Å². The highest BCUT2D eigenvalue weighted by Crippen LogP contribution is 2.28. The molecule has 0 saturated heterocycles. The molecule has 1 N–H and O–H groups in total. The lowest BCUT2D eigenvalue weighted by Crippen LogP contribution is -1.97. The van der Waals surface area contributed by atoms with Crippen molar-refractivity contribution in [2.75, 3.05) is 7.11 Å². The molecular weight excluding hydrogens is 228 g/mol. The van der Waals surface area contributed by atoms with Crippen molar-refractivity contribution in [3.05, 3.63) is 59.0 Å². The first kappa shape index (κ1) is 10.7. The van der Waals surface area contributed by atoms with Gasteiger partial charge in [-0.2, -0.15) is 0 Å². The van der Waals surface area contributed by atoms with Gasteiger partial charge in [-0.1, -0.05) is 12.1 Å². The first-order valence-corrected chi connectivity index (χ1v) is 5.62. The zero-order valence-corrected chi connectivity index (χ0v) is 9.88. The number of benzene rings is 1. The van der Waals surface area contributed by atoms with E-state index in [1.165, 1.54) is 6.07 Å². The standard InChI is InChI=1S/C14H12N2O2/c1-18-13-5-3-2-4-11(13)12-9-16-7-6-10(17)8-14(16)15-12/h2-9,15H,1H3. The fraction of sp³-hybridized carbons (Fsp3) is 0.0714. The molecule has 0 spiro atoms. The zero-order valence-electron chi connectivity index (χ0n) is 9.88. The van der Waals surface area contributed by atoms with E-state index in [4.69, 9.17) is 4.74 Å². The third kappa shape index (κ3) is 1.68. The average Bonchev–Trinajstić information content (AvgIpc) is 2.81. The summed E-state index contributed by atoms with van der Waals surface area (Å²) in [5.74, 6) is 0.798. The topological polar surface area (TPSA) is 46.5 Å². The molecule has 1 aromatic carbocycles. The number of imidazole rings is 1. The molecule has 0 bridgehead atoms. The smallest absolute Gasteiger partial charge is 0.183 e. The summed E-state index contributed by atoms with van der Waals surface area (Å²) in [5, 5.41) is 0. The van der Waals surface area contributed by atoms with Gasteiger partial charge in [-0.25, -0.2) is 0 Å². The molecule has 0 aliphatic heterocycles. The van der Waals surface area contributed by atoms with Crippen LogP contribution >= 0.6 is 0 Å². The van der Waals surface area contributed by atoms with Crippen LogP contribution < -0.4 is 10.2 Å². The van der Waals surface area contributed by atoms with E-state index in [-0.39, 0.29) is 5.43 Å². The van der Waals surface area contributed by atoms with Crippen molar-refractivity contribution in [2.45, 2.75) is 0 Å². The SMILES string of the molecule is COc1ccccc1-c1cn2ccc(=O)cc2[nH]1. The van der Waals surface area contributed by atoms with Crippen molar-refractivity contribution >= 4 is 5.65 Å². The van der Waals surface area contributed by atoms with Crippen LogP contribution in [0, 0.1) is 0 Å². The maximum absolute atomic E-state index is 11.3. The van der Waals surface area contributed by atoms with Gasteiger partial charge in [-0.15, -0.1) is 0 Å². The quantitative estimate of drug-likeness (QED) is 0.747. The highest BCUT2D eigenvalue weighted by Gasteiger charge is 2.07. The number of rotatable bonds is 2. The van der Waals surface area contributed by atoms with E-state index in [9.17, 15) is 4.79 Å². The molecule has 0 unspecified atom stereocenters. The maximum atomic E-state index is 11.3. The van der Waals surface area contributed by atoms with Crippen molar-refractivity contribution in [1.82, 2.24) is 9.38 Å². The van der Waals surface area contributed by atoms with E-state index in [0.29, 0.717) is 0 Å². The summed E-state index contributed by atoms with van der Waals surface area (Å²) in [7, 11) is 1.64. The lowest BCUT2D eigenvalue weighted by molar-refractivity contribution is 0.416. The molecule has 0 aliphatic carbocycles. The van der Waals surface area contributed by atoms with Gasteiger partial charge in [0.05, 0.1) is 12.8 Å². The van der Waals surface area contributed by atoms with E-state index in [1.54, 1.807) is 19.4 Å². The Balaban J connectivity index is 2.22. The molecule has 2 heterocycles. The predicted octanol–water partition coefficient (Wildman–Crippen LogP) is 2.30. The molecule has 0 radical (unpaired) electrons. The summed E-state index contributed by atoms with van der Waals surface area (Å²) in [4.78, 5) is 14.5. The molecule has 4 heteroatoms. The van der Waals surface area contributed by atoms with Crippen LogP contribution in [0.25, 0.3) is 16.9 Å². The summed E-state index contributed by atoms with van der Waals surface area (Å²) in [6.45, 7) is 0. The number of aromatic nitrogens is 2. The summed E-state index contributed by atoms with van der Waals surface area (Å²) in [6.07, 6.45) is 3.68. The number of hydrogen-bond acceptors (Lipinski definition) is 2. The van der Waals surface area contributed by atoms with Crippen LogP contribution in [-0.2, 0) is 0 Å². The Labute approximate surface area is 103 Å². The van der Waals surface area contributed by atoms with Crippen molar-refractivity contribution in [3.8, 4) is 17.0 Å². The fourth-order valence-electron chi connectivity index (χ4n) is 2.02. The van der Waals surface area contributed by atoms with Gasteiger partial charge in [-0.05, 0) is 12.1 Å². The Bertz CT molecular complexity index is 756. The Morgan fingerprint density at radius 3 is 2.89 bits per heavy atom. The predicted molar refractivity (Wildman–Crippen MR) is 70.0 cm³/mol. The second kappa shape index (κ2) is 4.07. The largest absolute Gasteiger partial charge is 0.496 e. The number of aromatic amines is 1. The highest BCUT2D eigenvalue weighted by molar-refractivity contribution is 5.69. The number of nitrogens with zero attached hydrogens (tertiary/aromatic N) is 1. The minimum atomic E-state index is -0.0107. The number of hydrogen-bond donors (Lipinski definition) is 1. The van der Waals surface area contributed by atoms with E-state index in [1.807, 2.05) is 34.9 Å². The molecule has 3 aromatic rings. The van der Waals surface area contributed by atoms with Crippen molar-refractivity contribution in [2.24, 2.45) is 0 Å². The maximum Gasteiger partial charge on any atom is 0.183 e. The Morgan fingerprint density at radius 1 is 1.22 bits per heavy atom. The average molecular weight is 240 g/mol. The third-order valence-corrected chi connectivity index (χ3v) is 2.88. The lowest BCUT2D eigenvalue weighted by atomic mass is 10.1. The molecule has 90 valence electrons. The van der Waals surface area contributed by atoms with Crippen molar-refractivity contribution < 1.29 is 4.74 Å². The van der Waals surface area contributed by atoms with Gasteiger partial charge in [0, 0.05) is 30.1 Å². The van der Waals surface area contributed by atoms with Crippen LogP contribution in [0.1, 0.15) is 0 Å². The Morgan fingerprint density at radius 2 is 2.06 bits per heavy atom. The highest BCUT2D eigenvalue weighted by atomic mass is 16.5. The lowest BCUT2D eigenvalue weighted by Gasteiger charge is -2.05. The van der Waals surface area contributed by atoms with Gasteiger partial charge in [0.15, 0.2) is 5.43 Å².